The third-order valence-electron chi connectivity index (χ3n) is 3.82. The van der Waals surface area contributed by atoms with E-state index < -0.39 is 0 Å². The Morgan fingerprint density at radius 2 is 1.84 bits per heavy atom. The van der Waals surface area contributed by atoms with Crippen LogP contribution in [0.15, 0.2) is 0 Å². The Bertz CT molecular complexity index is 300. The monoisotopic (exact) mass is 289 g/mol. The highest BCUT2D eigenvalue weighted by molar-refractivity contribution is 5.86. The van der Waals surface area contributed by atoms with Crippen LogP contribution in [0.4, 0.5) is 0 Å². The van der Waals surface area contributed by atoms with Gasteiger partial charge in [-0.1, -0.05) is 19.3 Å². The number of hydrogen-bond acceptors (Lipinski definition) is 3. The Hall–Kier alpha value is -0.810. The molecule has 1 atom stereocenters. The molecule has 6 heteroatoms. The van der Waals surface area contributed by atoms with E-state index in [0.717, 1.165) is 32.4 Å². The predicted molar refractivity (Wildman–Crippen MR) is 76.3 cm³/mol. The van der Waals surface area contributed by atoms with Crippen LogP contribution in [-0.2, 0) is 9.59 Å². The Balaban J connectivity index is 0.00000180. The number of halogens is 1. The van der Waals surface area contributed by atoms with Crippen LogP contribution < -0.4 is 16.0 Å². The lowest BCUT2D eigenvalue weighted by Gasteiger charge is -2.22. The molecule has 3 N–H and O–H groups in total. The molecule has 19 heavy (non-hydrogen) atoms. The minimum absolute atomic E-state index is 0. The summed E-state index contributed by atoms with van der Waals surface area (Å²) in [4.78, 5) is 23.4. The Labute approximate surface area is 120 Å². The van der Waals surface area contributed by atoms with Gasteiger partial charge in [0, 0.05) is 12.6 Å². The van der Waals surface area contributed by atoms with Crippen LogP contribution in [0, 0.1) is 5.92 Å². The van der Waals surface area contributed by atoms with Gasteiger partial charge in [-0.25, -0.2) is 0 Å². The average Bonchev–Trinajstić information content (AvgIpc) is 2.91. The second kappa shape index (κ2) is 8.38. The fourth-order valence-corrected chi connectivity index (χ4v) is 2.72. The van der Waals surface area contributed by atoms with Gasteiger partial charge in [-0.2, -0.15) is 0 Å². The number of rotatable bonds is 4. The number of amides is 2. The van der Waals surface area contributed by atoms with Crippen LogP contribution in [0.5, 0.6) is 0 Å². The first-order valence-corrected chi connectivity index (χ1v) is 7.03. The molecule has 0 bridgehead atoms. The lowest BCUT2D eigenvalue weighted by Crippen LogP contribution is -2.44. The predicted octanol–water partition coefficient (Wildman–Crippen LogP) is 0.583. The van der Waals surface area contributed by atoms with Gasteiger partial charge in [0.2, 0.25) is 11.8 Å². The van der Waals surface area contributed by atoms with Crippen molar-refractivity contribution in [3.63, 3.8) is 0 Å². The largest absolute Gasteiger partial charge is 0.352 e. The summed E-state index contributed by atoms with van der Waals surface area (Å²) >= 11 is 0. The second-order valence-corrected chi connectivity index (χ2v) is 5.31. The molecule has 1 saturated carbocycles. The molecule has 0 spiro atoms. The Kier molecular flexibility index (Phi) is 7.16. The van der Waals surface area contributed by atoms with Crippen molar-refractivity contribution in [2.75, 3.05) is 19.6 Å². The maximum atomic E-state index is 11.7. The fourth-order valence-electron chi connectivity index (χ4n) is 2.72. The minimum Gasteiger partial charge on any atom is -0.352 e. The fraction of sp³-hybridized carbons (Fsp3) is 0.846. The molecular formula is C13H24ClN3O2. The lowest BCUT2D eigenvalue weighted by atomic mass is 9.95. The number of carbonyl (C=O) groups excluding carboxylic acids is 2. The van der Waals surface area contributed by atoms with Gasteiger partial charge < -0.3 is 16.0 Å². The van der Waals surface area contributed by atoms with Crippen LogP contribution >= 0.6 is 12.4 Å². The number of hydrogen-bond donors (Lipinski definition) is 3. The van der Waals surface area contributed by atoms with Crippen LogP contribution in [0.3, 0.4) is 0 Å². The molecule has 2 fully saturated rings. The Morgan fingerprint density at radius 1 is 1.11 bits per heavy atom. The van der Waals surface area contributed by atoms with Gasteiger partial charge >= 0.3 is 0 Å². The van der Waals surface area contributed by atoms with E-state index in [0.29, 0.717) is 6.04 Å². The maximum Gasteiger partial charge on any atom is 0.239 e. The van der Waals surface area contributed by atoms with Crippen LogP contribution in [0.1, 0.15) is 38.5 Å². The molecule has 2 amide bonds. The van der Waals surface area contributed by atoms with Crippen molar-refractivity contribution in [1.82, 2.24) is 16.0 Å². The summed E-state index contributed by atoms with van der Waals surface area (Å²) in [5.74, 6) is -0.0209. The highest BCUT2D eigenvalue weighted by Gasteiger charge is 2.23. The molecule has 1 saturated heterocycles. The zero-order valence-corrected chi connectivity index (χ0v) is 12.1. The lowest BCUT2D eigenvalue weighted by molar-refractivity contribution is -0.128. The summed E-state index contributed by atoms with van der Waals surface area (Å²) < 4.78 is 0. The summed E-state index contributed by atoms with van der Waals surface area (Å²) in [5, 5.41) is 8.86. The van der Waals surface area contributed by atoms with E-state index >= 15 is 0 Å². The van der Waals surface area contributed by atoms with Crippen LogP contribution in [0.2, 0.25) is 0 Å². The molecule has 0 radical (unpaired) electrons. The van der Waals surface area contributed by atoms with E-state index in [1.54, 1.807) is 0 Å². The van der Waals surface area contributed by atoms with E-state index in [1.165, 1.54) is 19.3 Å². The number of carbonyl (C=O) groups is 2. The van der Waals surface area contributed by atoms with E-state index in [1.807, 2.05) is 0 Å². The molecule has 1 unspecified atom stereocenters. The van der Waals surface area contributed by atoms with Crippen molar-refractivity contribution in [3.8, 4) is 0 Å². The van der Waals surface area contributed by atoms with Gasteiger partial charge in [0.25, 0.3) is 0 Å². The smallest absolute Gasteiger partial charge is 0.239 e. The molecule has 2 rings (SSSR count). The maximum absolute atomic E-state index is 11.7. The van der Waals surface area contributed by atoms with Gasteiger partial charge in [-0.3, -0.25) is 9.59 Å². The molecule has 110 valence electrons. The normalized spacial score (nSPS) is 23.5. The van der Waals surface area contributed by atoms with Crippen molar-refractivity contribution in [1.29, 1.82) is 0 Å². The SMILES string of the molecule is Cl.O=C(CNC(=O)C1CCNC1)NC1CCCCC1. The third kappa shape index (κ3) is 5.37. The van der Waals surface area contributed by atoms with Gasteiger partial charge in [0.15, 0.2) is 0 Å². The van der Waals surface area contributed by atoms with Crippen molar-refractivity contribution in [2.24, 2.45) is 5.92 Å². The first kappa shape index (κ1) is 16.2. The van der Waals surface area contributed by atoms with Crippen molar-refractivity contribution in [3.05, 3.63) is 0 Å². The van der Waals surface area contributed by atoms with E-state index in [9.17, 15) is 9.59 Å². The summed E-state index contributed by atoms with van der Waals surface area (Å²) in [6.07, 6.45) is 6.70. The summed E-state index contributed by atoms with van der Waals surface area (Å²) in [6.45, 7) is 1.74. The van der Waals surface area contributed by atoms with Crippen molar-refractivity contribution in [2.45, 2.75) is 44.6 Å². The standard InChI is InChI=1S/C13H23N3O2.ClH/c17-12(16-11-4-2-1-3-5-11)9-15-13(18)10-6-7-14-8-10;/h10-11,14H,1-9H2,(H,15,18)(H,16,17);1H. The average molecular weight is 290 g/mol. The molecule has 1 aliphatic heterocycles. The molecular weight excluding hydrogens is 266 g/mol. The van der Waals surface area contributed by atoms with Gasteiger partial charge in [0.1, 0.15) is 0 Å². The highest BCUT2D eigenvalue weighted by atomic mass is 35.5. The van der Waals surface area contributed by atoms with E-state index in [4.69, 9.17) is 0 Å². The first-order chi connectivity index (χ1) is 8.75. The van der Waals surface area contributed by atoms with Gasteiger partial charge in [0.05, 0.1) is 12.5 Å². The molecule has 0 aromatic rings. The highest BCUT2D eigenvalue weighted by Crippen LogP contribution is 2.17. The third-order valence-corrected chi connectivity index (χ3v) is 3.82. The molecule has 2 aliphatic rings. The van der Waals surface area contributed by atoms with E-state index in [2.05, 4.69) is 16.0 Å². The van der Waals surface area contributed by atoms with Crippen molar-refractivity contribution >= 4 is 24.2 Å². The summed E-state index contributed by atoms with van der Waals surface area (Å²) in [5.41, 5.74) is 0. The van der Waals surface area contributed by atoms with Gasteiger partial charge in [-0.15, -0.1) is 12.4 Å². The second-order valence-electron chi connectivity index (χ2n) is 5.31. The van der Waals surface area contributed by atoms with Crippen LogP contribution in [-0.4, -0.2) is 37.5 Å². The molecule has 0 aromatic carbocycles. The van der Waals surface area contributed by atoms with Gasteiger partial charge in [-0.05, 0) is 25.8 Å². The Morgan fingerprint density at radius 3 is 2.47 bits per heavy atom. The minimum atomic E-state index is -0.0544. The van der Waals surface area contributed by atoms with Crippen LogP contribution in [0.25, 0.3) is 0 Å². The summed E-state index contributed by atoms with van der Waals surface area (Å²) in [7, 11) is 0. The summed E-state index contributed by atoms with van der Waals surface area (Å²) in [6, 6.07) is 0.316. The molecule has 1 aliphatic carbocycles. The zero-order valence-electron chi connectivity index (χ0n) is 11.2. The zero-order chi connectivity index (χ0) is 12.8. The van der Waals surface area contributed by atoms with Crippen molar-refractivity contribution < 1.29 is 9.59 Å². The topological polar surface area (TPSA) is 70.2 Å². The first-order valence-electron chi connectivity index (χ1n) is 7.03. The molecule has 0 aromatic heterocycles. The number of nitrogens with one attached hydrogen (secondary N) is 3. The molecule has 1 heterocycles. The quantitative estimate of drug-likeness (QED) is 0.709. The molecule has 5 nitrogen and oxygen atoms in total. The van der Waals surface area contributed by atoms with E-state index in [-0.39, 0.29) is 36.7 Å².